The lowest BCUT2D eigenvalue weighted by molar-refractivity contribution is 0.0957. The van der Waals surface area contributed by atoms with Crippen molar-refractivity contribution in [2.45, 2.75) is 5.38 Å². The average Bonchev–Trinajstić information content (AvgIpc) is 2.79. The van der Waals surface area contributed by atoms with Gasteiger partial charge in [0.1, 0.15) is 12.4 Å². The van der Waals surface area contributed by atoms with Crippen molar-refractivity contribution in [3.63, 3.8) is 0 Å². The monoisotopic (exact) mass is 355 g/mol. The highest BCUT2D eigenvalue weighted by Gasteiger charge is 2.21. The first-order valence-electron chi connectivity index (χ1n) is 6.08. The van der Waals surface area contributed by atoms with E-state index in [2.05, 4.69) is 21.2 Å². The molecule has 1 aromatic carbocycles. The summed E-state index contributed by atoms with van der Waals surface area (Å²) in [6, 6.07) is 7.19. The van der Waals surface area contributed by atoms with E-state index < -0.39 is 5.38 Å². The van der Waals surface area contributed by atoms with Crippen molar-refractivity contribution in [3.8, 4) is 5.75 Å². The van der Waals surface area contributed by atoms with Gasteiger partial charge in [-0.15, -0.1) is 11.6 Å². The number of carbonyl (C=O) groups excluding carboxylic acids is 1. The number of amides is 1. The molecule has 0 bridgehead atoms. The number of hydrogen-bond donors (Lipinski definition) is 1. The van der Waals surface area contributed by atoms with Crippen LogP contribution in [0.5, 0.6) is 5.75 Å². The van der Waals surface area contributed by atoms with Crippen molar-refractivity contribution < 1.29 is 13.9 Å². The molecule has 0 saturated heterocycles. The smallest absolute Gasteiger partial charge is 0.255 e. The third-order valence-electron chi connectivity index (χ3n) is 3.11. The summed E-state index contributed by atoms with van der Waals surface area (Å²) in [6.07, 6.45) is 1.56. The van der Waals surface area contributed by atoms with Crippen LogP contribution in [0, 0.1) is 0 Å². The molecule has 0 aliphatic carbocycles. The zero-order chi connectivity index (χ0) is 14.1. The molecule has 4 nitrogen and oxygen atoms in total. The zero-order valence-corrected chi connectivity index (χ0v) is 12.7. The van der Waals surface area contributed by atoms with Gasteiger partial charge in [0, 0.05) is 5.56 Å². The second-order valence-electron chi connectivity index (χ2n) is 4.37. The van der Waals surface area contributed by atoms with E-state index >= 15 is 0 Å². The summed E-state index contributed by atoms with van der Waals surface area (Å²) >= 11 is 9.76. The highest BCUT2D eigenvalue weighted by Crippen LogP contribution is 2.36. The van der Waals surface area contributed by atoms with E-state index in [4.69, 9.17) is 20.8 Å². The Kier molecular flexibility index (Phi) is 3.72. The van der Waals surface area contributed by atoms with E-state index in [1.165, 1.54) is 0 Å². The lowest BCUT2D eigenvalue weighted by Gasteiger charge is -2.12. The molecule has 1 aromatic heterocycles. The summed E-state index contributed by atoms with van der Waals surface area (Å²) in [6.45, 7) is 0.968. The van der Waals surface area contributed by atoms with Gasteiger partial charge >= 0.3 is 0 Å². The Balaban J connectivity index is 2.00. The van der Waals surface area contributed by atoms with Gasteiger partial charge in [0.25, 0.3) is 5.91 Å². The van der Waals surface area contributed by atoms with Gasteiger partial charge in [0.05, 0.1) is 23.7 Å². The van der Waals surface area contributed by atoms with Crippen LogP contribution >= 0.6 is 27.5 Å². The van der Waals surface area contributed by atoms with Crippen LogP contribution in [0.2, 0.25) is 0 Å². The number of fused-ring (bicyclic) bond motifs is 1. The highest BCUT2D eigenvalue weighted by atomic mass is 79.9. The van der Waals surface area contributed by atoms with Crippen LogP contribution in [0.1, 0.15) is 26.9 Å². The molecule has 104 valence electrons. The fourth-order valence-corrected chi connectivity index (χ4v) is 3.00. The van der Waals surface area contributed by atoms with Crippen molar-refractivity contribution in [1.29, 1.82) is 0 Å². The highest BCUT2D eigenvalue weighted by molar-refractivity contribution is 9.10. The van der Waals surface area contributed by atoms with Crippen LogP contribution in [0.3, 0.4) is 0 Å². The fraction of sp³-hybridized carbons (Fsp3) is 0.214. The largest absolute Gasteiger partial charge is 0.491 e. The molecule has 1 aliphatic rings. The summed E-state index contributed by atoms with van der Waals surface area (Å²) in [5.41, 5.74) is 2.14. The Morgan fingerprint density at radius 3 is 2.95 bits per heavy atom. The third kappa shape index (κ3) is 2.43. The summed E-state index contributed by atoms with van der Waals surface area (Å²) < 4.78 is 11.3. The Morgan fingerprint density at radius 1 is 1.35 bits per heavy atom. The molecule has 2 aromatic rings. The van der Waals surface area contributed by atoms with Crippen molar-refractivity contribution >= 4 is 33.4 Å². The van der Waals surface area contributed by atoms with E-state index in [0.29, 0.717) is 29.1 Å². The molecule has 3 rings (SSSR count). The number of alkyl halides is 1. The molecular formula is C14H11BrClNO3. The number of carbonyl (C=O) groups is 1. The number of rotatable bonds is 2. The summed E-state index contributed by atoms with van der Waals surface area (Å²) in [4.78, 5) is 12.0. The summed E-state index contributed by atoms with van der Waals surface area (Å²) in [7, 11) is 0. The lowest BCUT2D eigenvalue weighted by Crippen LogP contribution is -2.24. The SMILES string of the molecule is O=C1NCCOc2ccc(C(Cl)c3ccoc3Br)cc21. The van der Waals surface area contributed by atoms with Crippen LogP contribution in [0.15, 0.2) is 39.6 Å². The average molecular weight is 357 g/mol. The maximum atomic E-state index is 12.0. The predicted molar refractivity (Wildman–Crippen MR) is 78.4 cm³/mol. The van der Waals surface area contributed by atoms with Gasteiger partial charge in [-0.3, -0.25) is 4.79 Å². The first kappa shape index (κ1) is 13.5. The molecule has 1 aliphatic heterocycles. The molecule has 0 fully saturated rings. The van der Waals surface area contributed by atoms with Gasteiger partial charge in [0.15, 0.2) is 4.67 Å². The first-order chi connectivity index (χ1) is 9.66. The van der Waals surface area contributed by atoms with Gasteiger partial charge in [-0.1, -0.05) is 6.07 Å². The standard InChI is InChI=1S/C14H11BrClNO3/c15-13-9(3-5-20-13)12(16)8-1-2-11-10(7-8)14(18)17-4-6-19-11/h1-3,5,7,12H,4,6H2,(H,17,18). The third-order valence-corrected chi connectivity index (χ3v) is 4.24. The minimum absolute atomic E-state index is 0.144. The number of ether oxygens (including phenoxy) is 1. The molecule has 1 unspecified atom stereocenters. The second kappa shape index (κ2) is 5.50. The molecule has 6 heteroatoms. The number of furan rings is 1. The van der Waals surface area contributed by atoms with E-state index in [9.17, 15) is 4.79 Å². The van der Waals surface area contributed by atoms with Gasteiger partial charge in [-0.25, -0.2) is 0 Å². The Morgan fingerprint density at radius 2 is 2.20 bits per heavy atom. The number of hydrogen-bond acceptors (Lipinski definition) is 3. The first-order valence-corrected chi connectivity index (χ1v) is 7.31. The van der Waals surface area contributed by atoms with Crippen LogP contribution in [0.25, 0.3) is 0 Å². The van der Waals surface area contributed by atoms with Crippen LogP contribution in [0.4, 0.5) is 0 Å². The predicted octanol–water partition coefficient (Wildman–Crippen LogP) is 3.49. The molecule has 1 N–H and O–H groups in total. The topological polar surface area (TPSA) is 51.5 Å². The van der Waals surface area contributed by atoms with E-state index in [1.807, 2.05) is 6.07 Å². The zero-order valence-electron chi connectivity index (χ0n) is 10.4. The molecular weight excluding hydrogens is 346 g/mol. The number of halogens is 2. The molecule has 2 heterocycles. The summed E-state index contributed by atoms with van der Waals surface area (Å²) in [5, 5.41) is 2.38. The minimum atomic E-state index is -0.399. The van der Waals surface area contributed by atoms with E-state index in [-0.39, 0.29) is 5.91 Å². The molecule has 20 heavy (non-hydrogen) atoms. The summed E-state index contributed by atoms with van der Waals surface area (Å²) in [5.74, 6) is 0.438. The van der Waals surface area contributed by atoms with Crippen LogP contribution < -0.4 is 10.1 Å². The van der Waals surface area contributed by atoms with E-state index in [1.54, 1.807) is 24.5 Å². The Hall–Kier alpha value is -1.46. The van der Waals surface area contributed by atoms with Gasteiger partial charge < -0.3 is 14.5 Å². The van der Waals surface area contributed by atoms with Crippen molar-refractivity contribution in [2.75, 3.05) is 13.2 Å². The van der Waals surface area contributed by atoms with Gasteiger partial charge in [0.2, 0.25) is 0 Å². The molecule has 0 saturated carbocycles. The molecule has 1 atom stereocenters. The quantitative estimate of drug-likeness (QED) is 0.838. The molecule has 1 amide bonds. The molecule has 0 spiro atoms. The van der Waals surface area contributed by atoms with Crippen molar-refractivity contribution in [2.24, 2.45) is 0 Å². The maximum Gasteiger partial charge on any atom is 0.255 e. The maximum absolute atomic E-state index is 12.0. The normalized spacial score (nSPS) is 15.8. The van der Waals surface area contributed by atoms with E-state index in [0.717, 1.165) is 11.1 Å². The van der Waals surface area contributed by atoms with Gasteiger partial charge in [-0.2, -0.15) is 0 Å². The Labute approximate surface area is 129 Å². The molecule has 0 radical (unpaired) electrons. The van der Waals surface area contributed by atoms with Crippen molar-refractivity contribution in [1.82, 2.24) is 5.32 Å². The van der Waals surface area contributed by atoms with Crippen LogP contribution in [-0.2, 0) is 0 Å². The lowest BCUT2D eigenvalue weighted by atomic mass is 10.0. The Bertz CT molecular complexity index is 656. The van der Waals surface area contributed by atoms with Crippen molar-refractivity contribution in [3.05, 3.63) is 51.9 Å². The second-order valence-corrected chi connectivity index (χ2v) is 5.53. The number of benzene rings is 1. The fourth-order valence-electron chi connectivity index (χ4n) is 2.09. The number of nitrogens with one attached hydrogen (secondary N) is 1. The minimum Gasteiger partial charge on any atom is -0.491 e. The van der Waals surface area contributed by atoms with Gasteiger partial charge in [-0.05, 0) is 39.7 Å². The van der Waals surface area contributed by atoms with Crippen LogP contribution in [-0.4, -0.2) is 19.1 Å².